The second-order valence-corrected chi connectivity index (χ2v) is 7.21. The minimum atomic E-state index is -0.548. The van der Waals surface area contributed by atoms with E-state index in [-0.39, 0.29) is 5.41 Å². The van der Waals surface area contributed by atoms with Crippen molar-refractivity contribution in [3.05, 3.63) is 34.9 Å². The molecule has 0 bridgehead atoms. The maximum atomic E-state index is 11.0. The molecule has 1 aromatic carbocycles. The summed E-state index contributed by atoms with van der Waals surface area (Å²) in [5.41, 5.74) is 0.740. The lowest BCUT2D eigenvalue weighted by Gasteiger charge is -2.39. The maximum Gasteiger partial charge on any atom is 0.0818 e. The van der Waals surface area contributed by atoms with Gasteiger partial charge in [0.2, 0.25) is 0 Å². The molecule has 1 fully saturated rings. The van der Waals surface area contributed by atoms with Crippen LogP contribution in [-0.2, 0) is 6.42 Å². The fourth-order valence-electron chi connectivity index (χ4n) is 3.01. The van der Waals surface area contributed by atoms with Gasteiger partial charge >= 0.3 is 0 Å². The Morgan fingerprint density at radius 3 is 2.50 bits per heavy atom. The van der Waals surface area contributed by atoms with Crippen LogP contribution in [0, 0.1) is 11.3 Å². The molecule has 0 saturated heterocycles. The average molecular weight is 379 g/mol. The average Bonchev–Trinajstić information content (AvgIpc) is 2.56. The molecule has 0 radical (unpaired) electrons. The van der Waals surface area contributed by atoms with Crippen molar-refractivity contribution in [1.82, 2.24) is 0 Å². The molecule has 100 valence electrons. The van der Waals surface area contributed by atoms with Crippen LogP contribution in [0.4, 0.5) is 0 Å². The van der Waals surface area contributed by atoms with Gasteiger partial charge in [0, 0.05) is 9.45 Å². The van der Waals surface area contributed by atoms with E-state index < -0.39 is 5.60 Å². The van der Waals surface area contributed by atoms with Gasteiger partial charge in [-0.2, -0.15) is 0 Å². The predicted molar refractivity (Wildman–Crippen MR) is 85.5 cm³/mol. The van der Waals surface area contributed by atoms with E-state index in [4.69, 9.17) is 11.6 Å². The fraction of sp³-hybridized carbons (Fsp3) is 0.600. The van der Waals surface area contributed by atoms with Crippen LogP contribution in [0.15, 0.2) is 24.3 Å². The highest BCUT2D eigenvalue weighted by Gasteiger charge is 2.52. The van der Waals surface area contributed by atoms with Crippen LogP contribution in [0.2, 0.25) is 5.02 Å². The number of hydrogen-bond donors (Lipinski definition) is 1. The molecule has 1 saturated carbocycles. The summed E-state index contributed by atoms with van der Waals surface area (Å²) in [6.45, 7) is 4.38. The molecule has 2 atom stereocenters. The Balaban J connectivity index is 2.17. The van der Waals surface area contributed by atoms with Gasteiger partial charge in [-0.3, -0.25) is 0 Å². The Hall–Kier alpha value is 0.200. The third-order valence-electron chi connectivity index (χ3n) is 4.56. The van der Waals surface area contributed by atoms with E-state index in [0.717, 1.165) is 28.7 Å². The van der Waals surface area contributed by atoms with Crippen molar-refractivity contribution in [1.29, 1.82) is 0 Å². The molecule has 18 heavy (non-hydrogen) atoms. The number of hydrogen-bond acceptors (Lipinski definition) is 1. The molecule has 0 aromatic heterocycles. The van der Waals surface area contributed by atoms with Crippen molar-refractivity contribution in [3.63, 3.8) is 0 Å². The van der Waals surface area contributed by atoms with Crippen LogP contribution in [0.3, 0.4) is 0 Å². The minimum Gasteiger partial charge on any atom is -0.388 e. The van der Waals surface area contributed by atoms with Crippen molar-refractivity contribution in [2.75, 3.05) is 4.43 Å². The van der Waals surface area contributed by atoms with Gasteiger partial charge in [-0.1, -0.05) is 60.2 Å². The summed E-state index contributed by atoms with van der Waals surface area (Å²) >= 11 is 8.23. The SMILES string of the molecule is CC1(C)CC[C@H](Cc2ccc(Cl)cc2)[C@]1(O)CI. The van der Waals surface area contributed by atoms with Crippen LogP contribution in [-0.4, -0.2) is 15.1 Å². The second kappa shape index (κ2) is 5.29. The molecule has 3 heteroatoms. The van der Waals surface area contributed by atoms with Crippen LogP contribution in [0.25, 0.3) is 0 Å². The highest BCUT2D eigenvalue weighted by atomic mass is 127. The standard InChI is InChI=1S/C15H20ClIO/c1-14(2)8-7-12(15(14,18)10-17)9-11-3-5-13(16)6-4-11/h3-6,12,18H,7-10H2,1-2H3/t12-,15-/m1/s1. The topological polar surface area (TPSA) is 20.2 Å². The summed E-state index contributed by atoms with van der Waals surface area (Å²) in [6, 6.07) is 8.00. The number of halogens is 2. The van der Waals surface area contributed by atoms with Crippen molar-refractivity contribution < 1.29 is 5.11 Å². The van der Waals surface area contributed by atoms with Gasteiger partial charge in [-0.25, -0.2) is 0 Å². The lowest BCUT2D eigenvalue weighted by Crippen LogP contribution is -2.47. The van der Waals surface area contributed by atoms with E-state index in [2.05, 4.69) is 48.6 Å². The zero-order valence-electron chi connectivity index (χ0n) is 10.9. The highest BCUT2D eigenvalue weighted by Crippen LogP contribution is 2.51. The molecular formula is C15H20ClIO. The minimum absolute atomic E-state index is 0.0191. The first-order chi connectivity index (χ1) is 8.39. The normalized spacial score (nSPS) is 30.6. The van der Waals surface area contributed by atoms with Gasteiger partial charge in [-0.15, -0.1) is 0 Å². The number of aliphatic hydroxyl groups is 1. The van der Waals surface area contributed by atoms with E-state index in [9.17, 15) is 5.11 Å². The first kappa shape index (κ1) is 14.6. The Kier molecular flexibility index (Phi) is 4.30. The maximum absolute atomic E-state index is 11.0. The number of alkyl halides is 1. The monoisotopic (exact) mass is 378 g/mol. The van der Waals surface area contributed by atoms with Crippen LogP contribution < -0.4 is 0 Å². The van der Waals surface area contributed by atoms with Crippen LogP contribution in [0.5, 0.6) is 0 Å². The molecule has 1 aliphatic carbocycles. The highest BCUT2D eigenvalue weighted by molar-refractivity contribution is 14.1. The van der Waals surface area contributed by atoms with Crippen molar-refractivity contribution >= 4 is 34.2 Å². The quantitative estimate of drug-likeness (QED) is 0.607. The van der Waals surface area contributed by atoms with E-state index in [0.29, 0.717) is 5.92 Å². The second-order valence-electron chi connectivity index (χ2n) is 6.01. The summed E-state index contributed by atoms with van der Waals surface area (Å²) in [7, 11) is 0. The first-order valence-corrected chi connectivity index (χ1v) is 8.32. The molecule has 0 amide bonds. The number of benzene rings is 1. The Morgan fingerprint density at radius 1 is 1.33 bits per heavy atom. The predicted octanol–water partition coefficient (Wildman–Crippen LogP) is 4.48. The molecule has 2 rings (SSSR count). The molecule has 0 heterocycles. The summed E-state index contributed by atoms with van der Waals surface area (Å²) in [6.07, 6.45) is 3.15. The molecule has 0 spiro atoms. The molecule has 1 nitrogen and oxygen atoms in total. The molecule has 1 N–H and O–H groups in total. The van der Waals surface area contributed by atoms with Gasteiger partial charge in [0.15, 0.2) is 0 Å². The Bertz CT molecular complexity index is 415. The lowest BCUT2D eigenvalue weighted by atomic mass is 9.74. The lowest BCUT2D eigenvalue weighted by molar-refractivity contribution is -0.0517. The fourth-order valence-corrected chi connectivity index (χ4v) is 4.79. The molecule has 1 aromatic rings. The largest absolute Gasteiger partial charge is 0.388 e. The van der Waals surface area contributed by atoms with Gasteiger partial charge in [-0.05, 0) is 48.3 Å². The van der Waals surface area contributed by atoms with Gasteiger partial charge < -0.3 is 5.11 Å². The van der Waals surface area contributed by atoms with Crippen LogP contribution in [0.1, 0.15) is 32.3 Å². The summed E-state index contributed by atoms with van der Waals surface area (Å²) in [5, 5.41) is 11.7. The van der Waals surface area contributed by atoms with Gasteiger partial charge in [0.1, 0.15) is 0 Å². The van der Waals surface area contributed by atoms with Crippen LogP contribution >= 0.6 is 34.2 Å². The van der Waals surface area contributed by atoms with E-state index in [1.54, 1.807) is 0 Å². The molecule has 1 aliphatic rings. The Morgan fingerprint density at radius 2 is 1.94 bits per heavy atom. The van der Waals surface area contributed by atoms with Gasteiger partial charge in [0.25, 0.3) is 0 Å². The molecule has 0 unspecified atom stereocenters. The first-order valence-electron chi connectivity index (χ1n) is 6.42. The molecule has 0 aliphatic heterocycles. The summed E-state index contributed by atoms with van der Waals surface area (Å²) in [4.78, 5) is 0. The summed E-state index contributed by atoms with van der Waals surface area (Å²) < 4.78 is 0.802. The van der Waals surface area contributed by atoms with Crippen molar-refractivity contribution in [3.8, 4) is 0 Å². The zero-order valence-corrected chi connectivity index (χ0v) is 13.8. The number of rotatable bonds is 3. The van der Waals surface area contributed by atoms with Gasteiger partial charge in [0.05, 0.1) is 5.60 Å². The molecular weight excluding hydrogens is 359 g/mol. The zero-order chi connectivity index (χ0) is 13.4. The van der Waals surface area contributed by atoms with Crippen molar-refractivity contribution in [2.45, 2.75) is 38.7 Å². The van der Waals surface area contributed by atoms with E-state index in [1.165, 1.54) is 5.56 Å². The van der Waals surface area contributed by atoms with Crippen molar-refractivity contribution in [2.24, 2.45) is 11.3 Å². The smallest absolute Gasteiger partial charge is 0.0818 e. The third kappa shape index (κ3) is 2.56. The van der Waals surface area contributed by atoms with E-state index in [1.807, 2.05) is 12.1 Å². The Labute approximate surface area is 128 Å². The third-order valence-corrected chi connectivity index (χ3v) is 5.98. The van der Waals surface area contributed by atoms with E-state index >= 15 is 0 Å². The summed E-state index contributed by atoms with van der Waals surface area (Å²) in [5.74, 6) is 0.352.